The topological polar surface area (TPSA) is 68.0 Å². The predicted octanol–water partition coefficient (Wildman–Crippen LogP) is 5.75. The molecule has 0 fully saturated rings. The maximum Gasteiger partial charge on any atom is 0.295 e. The number of ether oxygens (including phenoxy) is 2. The van der Waals surface area contributed by atoms with Crippen molar-refractivity contribution in [2.45, 2.75) is 27.7 Å². The number of rotatable bonds is 10. The van der Waals surface area contributed by atoms with Crippen molar-refractivity contribution in [2.24, 2.45) is 0 Å². The van der Waals surface area contributed by atoms with Crippen LogP contribution in [0.4, 0.5) is 5.13 Å². The number of methoxy groups -OCH3 is 1. The van der Waals surface area contributed by atoms with Crippen LogP contribution >= 0.6 is 11.3 Å². The Balaban J connectivity index is 1.77. The maximum atomic E-state index is 13.8. The number of likely N-dealkylation sites (N-methyl/N-ethyl adjacent to an activating group) is 1. The third-order valence-electron chi connectivity index (χ3n) is 5.94. The Morgan fingerprint density at radius 3 is 2.59 bits per heavy atom. The van der Waals surface area contributed by atoms with Crippen LogP contribution in [-0.4, -0.2) is 55.7 Å². The minimum absolute atomic E-state index is 0.221. The summed E-state index contributed by atoms with van der Waals surface area (Å²) in [5.74, 6) is 1.38. The SMILES string of the molecule is CCOc1cccc2cc(C(=O)N(CCN(CC)CC)c3nc4c(OC)ccc(C)c4s3)oc12. The Kier molecular flexibility index (Phi) is 7.38. The van der Waals surface area contributed by atoms with Gasteiger partial charge in [-0.15, -0.1) is 0 Å². The molecule has 0 atom stereocenters. The summed E-state index contributed by atoms with van der Waals surface area (Å²) < 4.78 is 18.3. The van der Waals surface area contributed by atoms with E-state index in [0.717, 1.165) is 40.8 Å². The maximum absolute atomic E-state index is 13.8. The highest BCUT2D eigenvalue weighted by molar-refractivity contribution is 7.22. The third-order valence-corrected chi connectivity index (χ3v) is 7.15. The molecule has 0 bridgehead atoms. The zero-order chi connectivity index (χ0) is 24.2. The van der Waals surface area contributed by atoms with Crippen LogP contribution in [0.15, 0.2) is 40.8 Å². The molecule has 2 aromatic heterocycles. The second-order valence-corrected chi connectivity index (χ2v) is 8.94. The number of anilines is 1. The molecule has 8 heteroatoms. The quantitative estimate of drug-likeness (QED) is 0.287. The standard InChI is InChI=1S/C26H31N3O4S/c1-6-28(7-2)14-15-29(26-27-22-19(31-5)13-12-17(4)24(22)34-26)25(30)21-16-18-10-9-11-20(32-8-3)23(18)33-21/h9-13,16H,6-8,14-15H2,1-5H3. The summed E-state index contributed by atoms with van der Waals surface area (Å²) in [6, 6.07) is 11.4. The van der Waals surface area contributed by atoms with E-state index in [9.17, 15) is 4.79 Å². The number of nitrogens with zero attached hydrogens (tertiary/aromatic N) is 3. The van der Waals surface area contributed by atoms with Crippen molar-refractivity contribution < 1.29 is 18.7 Å². The molecule has 0 aliphatic carbocycles. The molecule has 2 aromatic carbocycles. The number of fused-ring (bicyclic) bond motifs is 2. The van der Waals surface area contributed by atoms with Gasteiger partial charge >= 0.3 is 0 Å². The summed E-state index contributed by atoms with van der Waals surface area (Å²) in [5, 5.41) is 1.46. The zero-order valence-corrected chi connectivity index (χ0v) is 21.2. The number of benzene rings is 2. The number of aromatic nitrogens is 1. The molecule has 2 heterocycles. The molecule has 4 rings (SSSR count). The number of carbonyl (C=O) groups excluding carboxylic acids is 1. The largest absolute Gasteiger partial charge is 0.494 e. The highest BCUT2D eigenvalue weighted by atomic mass is 32.1. The summed E-state index contributed by atoms with van der Waals surface area (Å²) >= 11 is 1.50. The van der Waals surface area contributed by atoms with E-state index in [-0.39, 0.29) is 11.7 Å². The fourth-order valence-corrected chi connectivity index (χ4v) is 5.06. The summed E-state index contributed by atoms with van der Waals surface area (Å²) in [7, 11) is 1.64. The van der Waals surface area contributed by atoms with E-state index in [4.69, 9.17) is 18.9 Å². The molecule has 1 amide bonds. The molecule has 180 valence electrons. The molecule has 0 unspecified atom stereocenters. The van der Waals surface area contributed by atoms with Crippen LogP contribution in [0.1, 0.15) is 36.9 Å². The molecule has 0 N–H and O–H groups in total. The van der Waals surface area contributed by atoms with Gasteiger partial charge in [-0.1, -0.05) is 43.4 Å². The van der Waals surface area contributed by atoms with Crippen molar-refractivity contribution in [3.63, 3.8) is 0 Å². The van der Waals surface area contributed by atoms with Gasteiger partial charge in [0.15, 0.2) is 22.2 Å². The number of amides is 1. The minimum Gasteiger partial charge on any atom is -0.494 e. The predicted molar refractivity (Wildman–Crippen MR) is 138 cm³/mol. The van der Waals surface area contributed by atoms with Gasteiger partial charge in [0.25, 0.3) is 5.91 Å². The lowest BCUT2D eigenvalue weighted by Crippen LogP contribution is -2.38. The lowest BCUT2D eigenvalue weighted by molar-refractivity contribution is 0.0959. The number of carbonyl (C=O) groups is 1. The fourth-order valence-electron chi connectivity index (χ4n) is 3.99. The van der Waals surface area contributed by atoms with Crippen molar-refractivity contribution in [3.8, 4) is 11.5 Å². The van der Waals surface area contributed by atoms with Crippen LogP contribution < -0.4 is 14.4 Å². The smallest absolute Gasteiger partial charge is 0.295 e. The van der Waals surface area contributed by atoms with Crippen molar-refractivity contribution in [3.05, 3.63) is 47.7 Å². The summed E-state index contributed by atoms with van der Waals surface area (Å²) in [6.07, 6.45) is 0. The average Bonchev–Trinajstić information content (AvgIpc) is 3.48. The van der Waals surface area contributed by atoms with E-state index in [0.29, 0.717) is 35.4 Å². The number of para-hydroxylation sites is 1. The van der Waals surface area contributed by atoms with E-state index in [1.165, 1.54) is 11.3 Å². The lowest BCUT2D eigenvalue weighted by atomic mass is 10.2. The molecule has 7 nitrogen and oxygen atoms in total. The second kappa shape index (κ2) is 10.4. The third kappa shape index (κ3) is 4.60. The first-order valence-corrected chi connectivity index (χ1v) is 12.5. The number of furan rings is 1. The number of hydrogen-bond acceptors (Lipinski definition) is 7. The van der Waals surface area contributed by atoms with Crippen molar-refractivity contribution in [1.29, 1.82) is 0 Å². The van der Waals surface area contributed by atoms with E-state index >= 15 is 0 Å². The van der Waals surface area contributed by atoms with Crippen molar-refractivity contribution in [1.82, 2.24) is 9.88 Å². The number of thiazole rings is 1. The Labute approximate surface area is 203 Å². The van der Waals surface area contributed by atoms with Crippen LogP contribution in [0.25, 0.3) is 21.2 Å². The number of aryl methyl sites for hydroxylation is 1. The monoisotopic (exact) mass is 481 g/mol. The molecular formula is C26H31N3O4S. The van der Waals surface area contributed by atoms with Crippen LogP contribution in [0.3, 0.4) is 0 Å². The first-order chi connectivity index (χ1) is 16.5. The second-order valence-electron chi connectivity index (χ2n) is 7.96. The molecule has 0 aliphatic heterocycles. The zero-order valence-electron chi connectivity index (χ0n) is 20.4. The van der Waals surface area contributed by atoms with E-state index in [1.54, 1.807) is 18.1 Å². The Bertz CT molecular complexity index is 1290. The van der Waals surface area contributed by atoms with Crippen molar-refractivity contribution in [2.75, 3.05) is 44.8 Å². The Morgan fingerprint density at radius 2 is 1.88 bits per heavy atom. The summed E-state index contributed by atoms with van der Waals surface area (Å²) in [4.78, 5) is 22.6. The van der Waals surface area contributed by atoms with Gasteiger partial charge in [0, 0.05) is 18.5 Å². The first kappa shape index (κ1) is 24.0. The molecule has 0 radical (unpaired) electrons. The lowest BCUT2D eigenvalue weighted by Gasteiger charge is -2.24. The molecule has 0 saturated carbocycles. The van der Waals surface area contributed by atoms with Gasteiger partial charge in [0.1, 0.15) is 11.3 Å². The normalized spacial score (nSPS) is 11.5. The van der Waals surface area contributed by atoms with Gasteiger partial charge in [-0.25, -0.2) is 4.98 Å². The summed E-state index contributed by atoms with van der Waals surface area (Å²) in [6.45, 7) is 11.8. The molecule has 0 aliphatic rings. The van der Waals surface area contributed by atoms with Gasteiger partial charge in [0.2, 0.25) is 0 Å². The first-order valence-electron chi connectivity index (χ1n) is 11.6. The molecule has 0 spiro atoms. The molecule has 0 saturated heterocycles. The van der Waals surface area contributed by atoms with Gasteiger partial charge < -0.3 is 18.8 Å². The van der Waals surface area contributed by atoms with Crippen molar-refractivity contribution >= 4 is 43.6 Å². The van der Waals surface area contributed by atoms with E-state index in [1.807, 2.05) is 44.2 Å². The van der Waals surface area contributed by atoms with Gasteiger partial charge in [-0.2, -0.15) is 0 Å². The van der Waals surface area contributed by atoms with Gasteiger partial charge in [0.05, 0.1) is 18.4 Å². The van der Waals surface area contributed by atoms with E-state index in [2.05, 4.69) is 18.7 Å². The van der Waals surface area contributed by atoms with Crippen LogP contribution in [-0.2, 0) is 0 Å². The van der Waals surface area contributed by atoms with E-state index < -0.39 is 0 Å². The minimum atomic E-state index is -0.221. The fraction of sp³-hybridized carbons (Fsp3) is 0.385. The highest BCUT2D eigenvalue weighted by Crippen LogP contribution is 2.37. The average molecular weight is 482 g/mol. The molecule has 4 aromatic rings. The Hall–Kier alpha value is -3.10. The van der Waals surface area contributed by atoms with Crippen LogP contribution in [0.5, 0.6) is 11.5 Å². The van der Waals surface area contributed by atoms with Gasteiger partial charge in [-0.3, -0.25) is 9.69 Å². The molecule has 34 heavy (non-hydrogen) atoms. The van der Waals surface area contributed by atoms with Crippen LogP contribution in [0.2, 0.25) is 0 Å². The van der Waals surface area contributed by atoms with Crippen LogP contribution in [0, 0.1) is 6.92 Å². The van der Waals surface area contributed by atoms with Gasteiger partial charge in [-0.05, 0) is 50.7 Å². The highest BCUT2D eigenvalue weighted by Gasteiger charge is 2.26. The summed E-state index contributed by atoms with van der Waals surface area (Å²) in [5.41, 5.74) is 2.45. The molecular weight excluding hydrogens is 450 g/mol. The Morgan fingerprint density at radius 1 is 1.09 bits per heavy atom. The number of hydrogen-bond donors (Lipinski definition) is 0.